The van der Waals surface area contributed by atoms with Gasteiger partial charge in [0, 0.05) is 19.2 Å². The summed E-state index contributed by atoms with van der Waals surface area (Å²) < 4.78 is 0. The highest BCUT2D eigenvalue weighted by Crippen LogP contribution is 2.26. The lowest BCUT2D eigenvalue weighted by molar-refractivity contribution is -0.125. The molecule has 1 aliphatic carbocycles. The molecule has 0 bridgehead atoms. The van der Waals surface area contributed by atoms with Crippen molar-refractivity contribution in [1.82, 2.24) is 4.90 Å². The maximum absolute atomic E-state index is 11.3. The first kappa shape index (κ1) is 10.7. The predicted molar refractivity (Wildman–Crippen MR) is 61.3 cm³/mol. The molecule has 1 saturated heterocycles. The highest BCUT2D eigenvalue weighted by Gasteiger charge is 2.17. The summed E-state index contributed by atoms with van der Waals surface area (Å²) in [5.41, 5.74) is 0. The van der Waals surface area contributed by atoms with E-state index in [1.165, 1.54) is 38.5 Å². The summed E-state index contributed by atoms with van der Waals surface area (Å²) >= 11 is 0. The third-order valence-corrected chi connectivity index (χ3v) is 3.59. The Morgan fingerprint density at radius 1 is 1.20 bits per heavy atom. The Labute approximate surface area is 92.3 Å². The SMILES string of the molecule is O=C1CCCN1/C=C\CC1CCCCC1. The molecule has 2 fully saturated rings. The molecule has 0 spiro atoms. The number of allylic oxidation sites excluding steroid dienone is 1. The molecule has 1 aliphatic heterocycles. The quantitative estimate of drug-likeness (QED) is 0.696. The first-order valence-electron chi connectivity index (χ1n) is 6.32. The van der Waals surface area contributed by atoms with Gasteiger partial charge in [-0.15, -0.1) is 0 Å². The van der Waals surface area contributed by atoms with Gasteiger partial charge in [0.05, 0.1) is 0 Å². The molecule has 0 aromatic rings. The Morgan fingerprint density at radius 3 is 2.67 bits per heavy atom. The van der Waals surface area contributed by atoms with E-state index in [0.29, 0.717) is 5.91 Å². The van der Waals surface area contributed by atoms with Crippen LogP contribution in [0.3, 0.4) is 0 Å². The lowest BCUT2D eigenvalue weighted by Gasteiger charge is -2.20. The van der Waals surface area contributed by atoms with Crippen LogP contribution in [-0.4, -0.2) is 17.4 Å². The van der Waals surface area contributed by atoms with Crippen LogP contribution in [0.1, 0.15) is 51.4 Å². The fourth-order valence-electron chi connectivity index (χ4n) is 2.63. The molecule has 1 amide bonds. The monoisotopic (exact) mass is 207 g/mol. The number of amides is 1. The molecule has 1 saturated carbocycles. The van der Waals surface area contributed by atoms with Crippen LogP contribution in [0.25, 0.3) is 0 Å². The summed E-state index contributed by atoms with van der Waals surface area (Å²) in [6, 6.07) is 0. The van der Waals surface area contributed by atoms with Crippen molar-refractivity contribution < 1.29 is 4.79 Å². The van der Waals surface area contributed by atoms with E-state index in [1.54, 1.807) is 0 Å². The van der Waals surface area contributed by atoms with E-state index in [0.717, 1.165) is 25.3 Å². The van der Waals surface area contributed by atoms with Crippen LogP contribution in [-0.2, 0) is 4.79 Å². The Morgan fingerprint density at radius 2 is 2.00 bits per heavy atom. The normalized spacial score (nSPS) is 24.3. The Bertz CT molecular complexity index is 241. The van der Waals surface area contributed by atoms with Gasteiger partial charge in [-0.05, 0) is 18.8 Å². The standard InChI is InChI=1S/C13H21NO/c15-13-9-5-11-14(13)10-4-8-12-6-2-1-3-7-12/h4,10,12H,1-3,5-9,11H2/b10-4-. The molecule has 84 valence electrons. The number of likely N-dealkylation sites (tertiary alicyclic amines) is 1. The van der Waals surface area contributed by atoms with Crippen molar-refractivity contribution in [2.45, 2.75) is 51.4 Å². The molecule has 1 heterocycles. The van der Waals surface area contributed by atoms with Gasteiger partial charge in [-0.3, -0.25) is 4.79 Å². The first-order chi connectivity index (χ1) is 7.36. The van der Waals surface area contributed by atoms with E-state index in [4.69, 9.17) is 0 Å². The molecule has 2 rings (SSSR count). The van der Waals surface area contributed by atoms with Crippen LogP contribution in [0.4, 0.5) is 0 Å². The average Bonchev–Trinajstić information content (AvgIpc) is 2.66. The van der Waals surface area contributed by atoms with Crippen LogP contribution in [0.2, 0.25) is 0 Å². The third kappa shape index (κ3) is 3.08. The van der Waals surface area contributed by atoms with E-state index in [2.05, 4.69) is 6.08 Å². The number of hydrogen-bond donors (Lipinski definition) is 0. The summed E-state index contributed by atoms with van der Waals surface area (Å²) in [6.45, 7) is 0.931. The molecule has 0 atom stereocenters. The van der Waals surface area contributed by atoms with Gasteiger partial charge in [-0.1, -0.05) is 38.2 Å². The lowest BCUT2D eigenvalue weighted by Crippen LogP contribution is -2.17. The van der Waals surface area contributed by atoms with Crippen molar-refractivity contribution >= 4 is 5.91 Å². The molecule has 0 aromatic carbocycles. The highest BCUT2D eigenvalue weighted by molar-refractivity contribution is 5.79. The van der Waals surface area contributed by atoms with Gasteiger partial charge < -0.3 is 4.90 Å². The van der Waals surface area contributed by atoms with Gasteiger partial charge in [0.25, 0.3) is 0 Å². The third-order valence-electron chi connectivity index (χ3n) is 3.59. The molecular weight excluding hydrogens is 186 g/mol. The Hall–Kier alpha value is -0.790. The minimum atomic E-state index is 0.301. The minimum Gasteiger partial charge on any atom is -0.319 e. The number of hydrogen-bond acceptors (Lipinski definition) is 1. The molecule has 15 heavy (non-hydrogen) atoms. The molecule has 0 N–H and O–H groups in total. The van der Waals surface area contributed by atoms with Crippen molar-refractivity contribution in [3.63, 3.8) is 0 Å². The van der Waals surface area contributed by atoms with Crippen molar-refractivity contribution in [3.05, 3.63) is 12.3 Å². The predicted octanol–water partition coefficient (Wildman–Crippen LogP) is 3.09. The lowest BCUT2D eigenvalue weighted by atomic mass is 9.87. The van der Waals surface area contributed by atoms with Crippen LogP contribution in [0, 0.1) is 5.92 Å². The second kappa shape index (κ2) is 5.34. The zero-order valence-corrected chi connectivity index (χ0v) is 9.45. The van der Waals surface area contributed by atoms with Crippen LogP contribution in [0.15, 0.2) is 12.3 Å². The zero-order valence-electron chi connectivity index (χ0n) is 9.45. The van der Waals surface area contributed by atoms with Crippen LogP contribution in [0.5, 0.6) is 0 Å². The largest absolute Gasteiger partial charge is 0.319 e. The maximum Gasteiger partial charge on any atom is 0.226 e. The molecule has 2 nitrogen and oxygen atoms in total. The van der Waals surface area contributed by atoms with Crippen molar-refractivity contribution in [2.75, 3.05) is 6.54 Å². The Kier molecular flexibility index (Phi) is 3.81. The molecule has 2 aliphatic rings. The van der Waals surface area contributed by atoms with Crippen molar-refractivity contribution in [3.8, 4) is 0 Å². The molecular formula is C13H21NO. The van der Waals surface area contributed by atoms with E-state index in [-0.39, 0.29) is 0 Å². The van der Waals surface area contributed by atoms with Gasteiger partial charge in [0.2, 0.25) is 5.91 Å². The number of nitrogens with zero attached hydrogens (tertiary/aromatic N) is 1. The van der Waals surface area contributed by atoms with E-state index >= 15 is 0 Å². The smallest absolute Gasteiger partial charge is 0.226 e. The minimum absolute atomic E-state index is 0.301. The number of rotatable bonds is 3. The van der Waals surface area contributed by atoms with Crippen LogP contribution < -0.4 is 0 Å². The van der Waals surface area contributed by atoms with Gasteiger partial charge in [-0.25, -0.2) is 0 Å². The van der Waals surface area contributed by atoms with Crippen molar-refractivity contribution in [1.29, 1.82) is 0 Å². The summed E-state index contributed by atoms with van der Waals surface area (Å²) in [5, 5.41) is 0. The van der Waals surface area contributed by atoms with Gasteiger partial charge in [-0.2, -0.15) is 0 Å². The molecule has 0 aromatic heterocycles. The topological polar surface area (TPSA) is 20.3 Å². The average molecular weight is 207 g/mol. The fraction of sp³-hybridized carbons (Fsp3) is 0.769. The molecule has 2 heteroatoms. The van der Waals surface area contributed by atoms with Gasteiger partial charge in [0.15, 0.2) is 0 Å². The van der Waals surface area contributed by atoms with E-state index < -0.39 is 0 Å². The summed E-state index contributed by atoms with van der Waals surface area (Å²) in [4.78, 5) is 13.2. The van der Waals surface area contributed by atoms with Crippen molar-refractivity contribution in [2.24, 2.45) is 5.92 Å². The zero-order chi connectivity index (χ0) is 10.5. The van der Waals surface area contributed by atoms with Gasteiger partial charge >= 0.3 is 0 Å². The van der Waals surface area contributed by atoms with E-state index in [1.807, 2.05) is 11.1 Å². The number of carbonyl (C=O) groups is 1. The second-order valence-corrected chi connectivity index (χ2v) is 4.82. The summed E-state index contributed by atoms with van der Waals surface area (Å²) in [7, 11) is 0. The fourth-order valence-corrected chi connectivity index (χ4v) is 2.63. The highest BCUT2D eigenvalue weighted by atomic mass is 16.2. The first-order valence-corrected chi connectivity index (χ1v) is 6.32. The Balaban J connectivity index is 1.71. The maximum atomic E-state index is 11.3. The van der Waals surface area contributed by atoms with Crippen LogP contribution >= 0.6 is 0 Å². The summed E-state index contributed by atoms with van der Waals surface area (Å²) in [6.07, 6.45) is 14.2. The summed E-state index contributed by atoms with van der Waals surface area (Å²) in [5.74, 6) is 1.18. The van der Waals surface area contributed by atoms with Gasteiger partial charge in [0.1, 0.15) is 0 Å². The van der Waals surface area contributed by atoms with E-state index in [9.17, 15) is 4.79 Å². The molecule has 0 unspecified atom stereocenters. The second-order valence-electron chi connectivity index (χ2n) is 4.82. The number of carbonyl (C=O) groups excluding carboxylic acids is 1. The molecule has 0 radical (unpaired) electrons.